The highest BCUT2D eigenvalue weighted by atomic mass is 16.6. The van der Waals surface area contributed by atoms with Crippen LogP contribution in [-0.2, 0) is 20.7 Å². The van der Waals surface area contributed by atoms with E-state index in [1.807, 2.05) is 13.0 Å². The number of carbonyl (C=O) groups excluding carboxylic acids is 2. The molecule has 1 saturated heterocycles. The van der Waals surface area contributed by atoms with Gasteiger partial charge in [-0.2, -0.15) is 0 Å². The van der Waals surface area contributed by atoms with Gasteiger partial charge >= 0.3 is 11.9 Å². The van der Waals surface area contributed by atoms with Gasteiger partial charge in [-0.3, -0.25) is 9.59 Å². The Morgan fingerprint density at radius 1 is 1.23 bits per heavy atom. The Hall–Kier alpha value is -2.10. The van der Waals surface area contributed by atoms with Gasteiger partial charge in [-0.05, 0) is 67.0 Å². The molecule has 4 nitrogen and oxygen atoms in total. The molecule has 1 aromatic rings. The van der Waals surface area contributed by atoms with Gasteiger partial charge in [0.25, 0.3) is 0 Å². The number of benzene rings is 1. The molecule has 1 aromatic carbocycles. The number of aryl methyl sites for hydroxylation is 1. The first-order valence-electron chi connectivity index (χ1n) is 7.71. The maximum atomic E-state index is 12.3. The van der Waals surface area contributed by atoms with Crippen molar-refractivity contribution in [1.29, 1.82) is 0 Å². The number of cyclic esters (lactones) is 2. The first-order chi connectivity index (χ1) is 10.6. The maximum Gasteiger partial charge on any atom is 0.324 e. The number of fused-ring (bicyclic) bond motifs is 4. The zero-order chi connectivity index (χ0) is 15.5. The van der Waals surface area contributed by atoms with Crippen LogP contribution in [0, 0.1) is 11.3 Å². The molecule has 0 radical (unpaired) electrons. The minimum atomic E-state index is -0.762. The molecule has 0 amide bonds. The van der Waals surface area contributed by atoms with Gasteiger partial charge in [0.2, 0.25) is 0 Å². The molecule has 2 aliphatic carbocycles. The van der Waals surface area contributed by atoms with Crippen LogP contribution in [0.2, 0.25) is 0 Å². The van der Waals surface area contributed by atoms with E-state index < -0.39 is 5.41 Å². The average molecular weight is 298 g/mol. The monoisotopic (exact) mass is 298 g/mol. The predicted octanol–water partition coefficient (Wildman–Crippen LogP) is 2.89. The molecular formula is C18H18O4. The van der Waals surface area contributed by atoms with Gasteiger partial charge in [0, 0.05) is 0 Å². The molecule has 2 atom stereocenters. The molecule has 1 heterocycles. The van der Waals surface area contributed by atoms with Crippen molar-refractivity contribution in [1.82, 2.24) is 0 Å². The molecule has 1 fully saturated rings. The lowest BCUT2D eigenvalue weighted by atomic mass is 9.61. The summed E-state index contributed by atoms with van der Waals surface area (Å²) in [5.74, 6) is -0.164. The van der Waals surface area contributed by atoms with Crippen LogP contribution in [0.25, 0.3) is 5.57 Å². The summed E-state index contributed by atoms with van der Waals surface area (Å²) in [6.07, 6.45) is 3.20. The number of allylic oxidation sites excluding steroid dienone is 1. The van der Waals surface area contributed by atoms with Gasteiger partial charge in [0.05, 0.1) is 13.0 Å². The first-order valence-corrected chi connectivity index (χ1v) is 7.71. The molecule has 0 spiro atoms. The number of esters is 2. The van der Waals surface area contributed by atoms with E-state index in [0.29, 0.717) is 6.42 Å². The van der Waals surface area contributed by atoms with Crippen LogP contribution in [0.4, 0.5) is 0 Å². The summed E-state index contributed by atoms with van der Waals surface area (Å²) in [6, 6.07) is 6.11. The molecule has 0 bridgehead atoms. The zero-order valence-corrected chi connectivity index (χ0v) is 12.8. The average Bonchev–Trinajstić information content (AvgIpc) is 2.76. The maximum absolute atomic E-state index is 12.3. The Morgan fingerprint density at radius 2 is 2.05 bits per heavy atom. The number of carbonyl (C=O) groups is 2. The summed E-state index contributed by atoms with van der Waals surface area (Å²) < 4.78 is 10.3. The standard InChI is InChI=1S/C18H18O4/c1-18-14-7-3-10-9-11(21-2)4-5-12(10)13(14)6-8-15(18)16(19)22-17(18)20/h4-5,9,15H,3,6-8H2,1-2H3/t15-,18+/m0/s1. The summed E-state index contributed by atoms with van der Waals surface area (Å²) in [7, 11) is 1.67. The van der Waals surface area contributed by atoms with Gasteiger partial charge in [0.1, 0.15) is 11.2 Å². The topological polar surface area (TPSA) is 52.6 Å². The van der Waals surface area contributed by atoms with E-state index in [0.717, 1.165) is 30.6 Å². The van der Waals surface area contributed by atoms with E-state index in [2.05, 4.69) is 12.1 Å². The normalized spacial score (nSPS) is 29.6. The van der Waals surface area contributed by atoms with Crippen LogP contribution in [0.1, 0.15) is 37.3 Å². The number of hydrogen-bond donors (Lipinski definition) is 0. The zero-order valence-electron chi connectivity index (χ0n) is 12.8. The van der Waals surface area contributed by atoms with E-state index in [1.165, 1.54) is 16.7 Å². The van der Waals surface area contributed by atoms with Gasteiger partial charge in [-0.1, -0.05) is 6.07 Å². The summed E-state index contributed by atoms with van der Waals surface area (Å²) in [6.45, 7) is 1.88. The quantitative estimate of drug-likeness (QED) is 0.591. The molecule has 3 aliphatic rings. The number of methoxy groups -OCH3 is 1. The van der Waals surface area contributed by atoms with Crippen molar-refractivity contribution in [2.45, 2.75) is 32.6 Å². The summed E-state index contributed by atoms with van der Waals surface area (Å²) >= 11 is 0. The van der Waals surface area contributed by atoms with Gasteiger partial charge in [-0.25, -0.2) is 0 Å². The Labute approximate surface area is 129 Å². The highest BCUT2D eigenvalue weighted by molar-refractivity contribution is 6.03. The van der Waals surface area contributed by atoms with E-state index in [9.17, 15) is 9.59 Å². The van der Waals surface area contributed by atoms with Crippen molar-refractivity contribution in [2.75, 3.05) is 7.11 Å². The predicted molar refractivity (Wildman–Crippen MR) is 80.2 cm³/mol. The fourth-order valence-electron chi connectivity index (χ4n) is 4.31. The van der Waals surface area contributed by atoms with Crippen LogP contribution in [0.3, 0.4) is 0 Å². The molecule has 0 N–H and O–H groups in total. The van der Waals surface area contributed by atoms with Gasteiger partial charge in [-0.15, -0.1) is 0 Å². The van der Waals surface area contributed by atoms with Crippen LogP contribution < -0.4 is 4.74 Å². The number of hydrogen-bond acceptors (Lipinski definition) is 4. The van der Waals surface area contributed by atoms with E-state index >= 15 is 0 Å². The van der Waals surface area contributed by atoms with Crippen molar-refractivity contribution < 1.29 is 19.1 Å². The second-order valence-corrected chi connectivity index (χ2v) is 6.48. The third kappa shape index (κ3) is 1.58. The van der Waals surface area contributed by atoms with Crippen molar-refractivity contribution in [2.24, 2.45) is 11.3 Å². The van der Waals surface area contributed by atoms with Crippen LogP contribution in [0.15, 0.2) is 23.8 Å². The largest absolute Gasteiger partial charge is 0.497 e. The molecule has 0 unspecified atom stereocenters. The van der Waals surface area contributed by atoms with Crippen molar-refractivity contribution in [3.05, 3.63) is 34.9 Å². The van der Waals surface area contributed by atoms with E-state index in [-0.39, 0.29) is 17.9 Å². The molecule has 22 heavy (non-hydrogen) atoms. The van der Waals surface area contributed by atoms with Crippen LogP contribution in [0.5, 0.6) is 5.75 Å². The third-order valence-corrected chi connectivity index (χ3v) is 5.55. The highest BCUT2D eigenvalue weighted by Gasteiger charge is 2.58. The van der Waals surface area contributed by atoms with E-state index in [1.54, 1.807) is 7.11 Å². The summed E-state index contributed by atoms with van der Waals surface area (Å²) in [5, 5.41) is 0. The minimum absolute atomic E-state index is 0.307. The van der Waals surface area contributed by atoms with Crippen molar-refractivity contribution in [3.8, 4) is 5.75 Å². The summed E-state index contributed by atoms with van der Waals surface area (Å²) in [5.41, 5.74) is 4.04. The summed E-state index contributed by atoms with van der Waals surface area (Å²) in [4.78, 5) is 24.3. The Morgan fingerprint density at radius 3 is 2.82 bits per heavy atom. The second-order valence-electron chi connectivity index (χ2n) is 6.48. The minimum Gasteiger partial charge on any atom is -0.497 e. The molecule has 114 valence electrons. The first kappa shape index (κ1) is 13.6. The molecule has 0 aromatic heterocycles. The highest BCUT2D eigenvalue weighted by Crippen LogP contribution is 2.55. The van der Waals surface area contributed by atoms with Crippen LogP contribution >= 0.6 is 0 Å². The smallest absolute Gasteiger partial charge is 0.324 e. The van der Waals surface area contributed by atoms with Crippen LogP contribution in [-0.4, -0.2) is 19.0 Å². The Bertz CT molecular complexity index is 731. The molecule has 4 heteroatoms. The molecular weight excluding hydrogens is 280 g/mol. The van der Waals surface area contributed by atoms with Gasteiger partial charge in [0.15, 0.2) is 0 Å². The van der Waals surface area contributed by atoms with Crippen molar-refractivity contribution in [3.63, 3.8) is 0 Å². The number of ether oxygens (including phenoxy) is 2. The lowest BCUT2D eigenvalue weighted by Gasteiger charge is -2.38. The number of rotatable bonds is 1. The van der Waals surface area contributed by atoms with Gasteiger partial charge < -0.3 is 9.47 Å². The molecule has 4 rings (SSSR count). The molecule has 1 aliphatic heterocycles. The van der Waals surface area contributed by atoms with Crippen molar-refractivity contribution >= 4 is 17.5 Å². The molecule has 0 saturated carbocycles. The lowest BCUT2D eigenvalue weighted by molar-refractivity contribution is -0.154. The fourth-order valence-corrected chi connectivity index (χ4v) is 4.31. The third-order valence-electron chi connectivity index (χ3n) is 5.55. The second kappa shape index (κ2) is 4.45. The SMILES string of the molecule is COc1ccc2c(c1)CCC1=C2CC[C@H]2C(=O)OC(=O)[C@]12C. The fraction of sp³-hybridized carbons (Fsp3) is 0.444. The van der Waals surface area contributed by atoms with E-state index in [4.69, 9.17) is 9.47 Å². The Balaban J connectivity index is 1.88. The lowest BCUT2D eigenvalue weighted by Crippen LogP contribution is -2.37. The Kier molecular flexibility index (Phi) is 2.74.